The van der Waals surface area contributed by atoms with E-state index in [9.17, 15) is 0 Å². The van der Waals surface area contributed by atoms with E-state index in [-0.39, 0.29) is 0 Å². The Hall–Kier alpha value is -3.09. The van der Waals surface area contributed by atoms with Gasteiger partial charge in [0.05, 0.1) is 11.4 Å². The number of hydrogen-bond donors (Lipinski definition) is 0. The molecule has 7 nitrogen and oxygen atoms in total. The van der Waals surface area contributed by atoms with Crippen LogP contribution in [0.5, 0.6) is 0 Å². The second-order valence-electron chi connectivity index (χ2n) is 6.99. The van der Waals surface area contributed by atoms with E-state index in [0.717, 1.165) is 46.5 Å². The summed E-state index contributed by atoms with van der Waals surface area (Å²) in [5.41, 5.74) is 6.45. The van der Waals surface area contributed by atoms with Gasteiger partial charge in [0.15, 0.2) is 0 Å². The third-order valence-electron chi connectivity index (χ3n) is 5.06. The minimum absolute atomic E-state index is 0.539. The summed E-state index contributed by atoms with van der Waals surface area (Å²) in [4.78, 5) is 13.1. The molecule has 0 N–H and O–H groups in total. The largest absolute Gasteiger partial charge is 0.342 e. The Bertz CT molecular complexity index is 1080. The van der Waals surface area contributed by atoms with Crippen LogP contribution < -0.4 is 0 Å². The first kappa shape index (κ1) is 17.3. The van der Waals surface area contributed by atoms with Crippen molar-refractivity contribution >= 4 is 5.78 Å². The third-order valence-corrected chi connectivity index (χ3v) is 5.06. The average molecular weight is 362 g/mol. The first-order valence-electron chi connectivity index (χ1n) is 9.15. The molecule has 0 saturated carbocycles. The van der Waals surface area contributed by atoms with Crippen LogP contribution in [0.15, 0.2) is 35.4 Å². The molecule has 1 atom stereocenters. The molecule has 27 heavy (non-hydrogen) atoms. The summed E-state index contributed by atoms with van der Waals surface area (Å²) in [7, 11) is 0. The molecular weight excluding hydrogens is 340 g/mol. The molecule has 0 spiro atoms. The van der Waals surface area contributed by atoms with Gasteiger partial charge in [-0.3, -0.25) is 0 Å². The van der Waals surface area contributed by atoms with Crippen LogP contribution in [0.4, 0.5) is 0 Å². The average Bonchev–Trinajstić information content (AvgIpc) is 3.34. The second kappa shape index (κ2) is 6.90. The van der Waals surface area contributed by atoms with Gasteiger partial charge in [0.25, 0.3) is 5.78 Å². The fourth-order valence-electron chi connectivity index (χ4n) is 3.42. The smallest absolute Gasteiger partial charge is 0.252 e. The first-order valence-corrected chi connectivity index (χ1v) is 9.15. The van der Waals surface area contributed by atoms with Crippen molar-refractivity contribution in [1.29, 1.82) is 0 Å². The number of aromatic nitrogens is 6. The van der Waals surface area contributed by atoms with E-state index >= 15 is 0 Å². The van der Waals surface area contributed by atoms with Crippen LogP contribution in [-0.4, -0.2) is 29.7 Å². The highest BCUT2D eigenvalue weighted by Crippen LogP contribution is 2.33. The molecular formula is C20H22N6O. The Labute approximate surface area is 157 Å². The highest BCUT2D eigenvalue weighted by Gasteiger charge is 2.19. The topological polar surface area (TPSA) is 82.0 Å². The van der Waals surface area contributed by atoms with E-state index in [1.165, 1.54) is 6.39 Å². The van der Waals surface area contributed by atoms with Gasteiger partial charge >= 0.3 is 0 Å². The van der Waals surface area contributed by atoms with Crippen molar-refractivity contribution in [1.82, 2.24) is 29.7 Å². The Morgan fingerprint density at radius 2 is 2.04 bits per heavy atom. The van der Waals surface area contributed by atoms with E-state index in [4.69, 9.17) is 4.52 Å². The molecule has 4 rings (SSSR count). The van der Waals surface area contributed by atoms with Crippen LogP contribution in [0.1, 0.15) is 37.2 Å². The lowest BCUT2D eigenvalue weighted by atomic mass is 9.92. The predicted octanol–water partition coefficient (Wildman–Crippen LogP) is 4.05. The highest BCUT2D eigenvalue weighted by molar-refractivity contribution is 5.75. The molecule has 0 aliphatic carbocycles. The molecule has 0 amide bonds. The number of fused-ring (bicyclic) bond motifs is 1. The number of nitrogens with zero attached hydrogens (tertiary/aromatic N) is 6. The Morgan fingerprint density at radius 1 is 1.19 bits per heavy atom. The lowest BCUT2D eigenvalue weighted by Crippen LogP contribution is -2.11. The van der Waals surface area contributed by atoms with Crippen LogP contribution in [0.25, 0.3) is 28.3 Å². The van der Waals surface area contributed by atoms with Gasteiger partial charge in [0.1, 0.15) is 6.33 Å². The molecule has 4 aromatic rings. The maximum Gasteiger partial charge on any atom is 0.252 e. The monoisotopic (exact) mass is 362 g/mol. The Morgan fingerprint density at radius 3 is 2.74 bits per heavy atom. The quantitative estimate of drug-likeness (QED) is 0.533. The van der Waals surface area contributed by atoms with Gasteiger partial charge in [-0.05, 0) is 43.4 Å². The summed E-state index contributed by atoms with van der Waals surface area (Å²) in [6, 6.07) is 6.21. The van der Waals surface area contributed by atoms with E-state index in [1.807, 2.05) is 17.5 Å². The van der Waals surface area contributed by atoms with Gasteiger partial charge in [-0.25, -0.2) is 9.50 Å². The van der Waals surface area contributed by atoms with Crippen molar-refractivity contribution < 1.29 is 4.52 Å². The van der Waals surface area contributed by atoms with E-state index in [2.05, 4.69) is 58.1 Å². The molecule has 0 aliphatic rings. The minimum Gasteiger partial charge on any atom is -0.342 e. The van der Waals surface area contributed by atoms with Crippen molar-refractivity contribution in [3.63, 3.8) is 0 Å². The zero-order chi connectivity index (χ0) is 19.0. The van der Waals surface area contributed by atoms with Crippen LogP contribution in [0, 0.1) is 19.8 Å². The second-order valence-corrected chi connectivity index (χ2v) is 6.99. The van der Waals surface area contributed by atoms with Crippen molar-refractivity contribution in [2.45, 2.75) is 40.5 Å². The molecule has 1 unspecified atom stereocenters. The zero-order valence-electron chi connectivity index (χ0n) is 16.0. The first-order chi connectivity index (χ1) is 13.1. The molecule has 0 bridgehead atoms. The standard InChI is InChI=1S/C20H22N6O/c1-5-12(2)8-17-18(14(4)24-20-21-10-23-26(17)20)16-7-6-15(9-13(16)3)19-22-11-27-25-19/h6-7,9-12H,5,8H2,1-4H3. The summed E-state index contributed by atoms with van der Waals surface area (Å²) in [5, 5.41) is 8.36. The number of aryl methyl sites for hydroxylation is 2. The molecule has 1 aromatic carbocycles. The maximum atomic E-state index is 4.87. The molecule has 7 heteroatoms. The summed E-state index contributed by atoms with van der Waals surface area (Å²) >= 11 is 0. The van der Waals surface area contributed by atoms with Crippen molar-refractivity contribution in [2.75, 3.05) is 0 Å². The predicted molar refractivity (Wildman–Crippen MR) is 102 cm³/mol. The molecule has 0 radical (unpaired) electrons. The van der Waals surface area contributed by atoms with Gasteiger partial charge in [0.2, 0.25) is 12.2 Å². The van der Waals surface area contributed by atoms with Crippen molar-refractivity contribution in [3.05, 3.63) is 47.9 Å². The maximum absolute atomic E-state index is 4.87. The molecule has 3 heterocycles. The lowest BCUT2D eigenvalue weighted by molar-refractivity contribution is 0.419. The number of rotatable bonds is 5. The SMILES string of the molecule is CCC(C)Cc1c(-c2ccc(-c3ncon3)cc2C)c(C)nc2ncnn12. The number of hydrogen-bond acceptors (Lipinski definition) is 6. The molecule has 138 valence electrons. The molecule has 0 aliphatic heterocycles. The van der Waals surface area contributed by atoms with Gasteiger partial charge in [-0.1, -0.05) is 37.6 Å². The van der Waals surface area contributed by atoms with Gasteiger partial charge in [-0.2, -0.15) is 15.1 Å². The van der Waals surface area contributed by atoms with Crippen LogP contribution in [-0.2, 0) is 6.42 Å². The summed E-state index contributed by atoms with van der Waals surface area (Å²) < 4.78 is 6.74. The Balaban J connectivity index is 1.90. The van der Waals surface area contributed by atoms with Crippen LogP contribution in [0.2, 0.25) is 0 Å². The van der Waals surface area contributed by atoms with Gasteiger partial charge in [0, 0.05) is 11.1 Å². The summed E-state index contributed by atoms with van der Waals surface area (Å²) in [6.07, 6.45) is 4.93. The number of benzene rings is 1. The van der Waals surface area contributed by atoms with Crippen LogP contribution >= 0.6 is 0 Å². The summed E-state index contributed by atoms with van der Waals surface area (Å²) in [6.45, 7) is 8.60. The molecule has 3 aromatic heterocycles. The van der Waals surface area contributed by atoms with E-state index in [0.29, 0.717) is 17.5 Å². The van der Waals surface area contributed by atoms with Gasteiger partial charge < -0.3 is 4.52 Å². The lowest BCUT2D eigenvalue weighted by Gasteiger charge is -2.18. The molecule has 0 fully saturated rings. The fourth-order valence-corrected chi connectivity index (χ4v) is 3.42. The van der Waals surface area contributed by atoms with Crippen LogP contribution in [0.3, 0.4) is 0 Å². The van der Waals surface area contributed by atoms with Crippen molar-refractivity contribution in [2.24, 2.45) is 5.92 Å². The Kier molecular flexibility index (Phi) is 4.43. The summed E-state index contributed by atoms with van der Waals surface area (Å²) in [5.74, 6) is 1.78. The normalized spacial score (nSPS) is 12.6. The fraction of sp³-hybridized carbons (Fsp3) is 0.350. The van der Waals surface area contributed by atoms with E-state index in [1.54, 1.807) is 6.33 Å². The third kappa shape index (κ3) is 3.09. The molecule has 0 saturated heterocycles. The van der Waals surface area contributed by atoms with E-state index < -0.39 is 0 Å². The van der Waals surface area contributed by atoms with Crippen molar-refractivity contribution in [3.8, 4) is 22.5 Å². The minimum atomic E-state index is 0.539. The highest BCUT2D eigenvalue weighted by atomic mass is 16.5. The zero-order valence-corrected chi connectivity index (χ0v) is 16.0. The van der Waals surface area contributed by atoms with Gasteiger partial charge in [-0.15, -0.1) is 0 Å².